The normalized spacial score (nSPS) is 10.2. The van der Waals surface area contributed by atoms with Crippen LogP contribution in [0.4, 0.5) is 5.69 Å². The van der Waals surface area contributed by atoms with E-state index in [4.69, 9.17) is 0 Å². The minimum atomic E-state index is -0.553. The van der Waals surface area contributed by atoms with Gasteiger partial charge in [0.15, 0.2) is 5.88 Å². The number of carbonyl (C=O) groups excluding carboxylic acids is 1. The maximum Gasteiger partial charge on any atom is 0.258 e. The lowest BCUT2D eigenvalue weighted by molar-refractivity contribution is 0.0992. The van der Waals surface area contributed by atoms with Crippen LogP contribution in [0.15, 0.2) is 41.2 Å². The lowest BCUT2D eigenvalue weighted by Crippen LogP contribution is -2.27. The predicted octanol–water partition coefficient (Wildman–Crippen LogP) is 1.06. The molecule has 1 heterocycles. The minimum Gasteiger partial charge on any atom is -0.508 e. The Morgan fingerprint density at radius 3 is 2.37 bits per heavy atom. The molecule has 0 aliphatic carbocycles. The van der Waals surface area contributed by atoms with Crippen molar-refractivity contribution in [2.75, 3.05) is 11.9 Å². The molecule has 6 nitrogen and oxygen atoms in total. The summed E-state index contributed by atoms with van der Waals surface area (Å²) in [5, 5.41) is 18.5. The second-order valence-corrected chi connectivity index (χ2v) is 4.00. The van der Waals surface area contributed by atoms with Crippen molar-refractivity contribution in [1.82, 2.24) is 4.98 Å². The van der Waals surface area contributed by atoms with Crippen molar-refractivity contribution in [2.24, 2.45) is 0 Å². The number of aromatic amines is 1. The van der Waals surface area contributed by atoms with Crippen LogP contribution in [0, 0.1) is 0 Å². The van der Waals surface area contributed by atoms with Crippen LogP contribution in [0.25, 0.3) is 0 Å². The highest BCUT2D eigenvalue weighted by molar-refractivity contribution is 6.05. The van der Waals surface area contributed by atoms with Crippen molar-refractivity contribution in [1.29, 1.82) is 0 Å². The number of H-pyrrole nitrogens is 1. The van der Waals surface area contributed by atoms with Crippen LogP contribution >= 0.6 is 0 Å². The number of benzene rings is 1. The van der Waals surface area contributed by atoms with Gasteiger partial charge in [-0.15, -0.1) is 0 Å². The molecule has 0 saturated heterocycles. The van der Waals surface area contributed by atoms with E-state index in [1.54, 1.807) is 12.1 Å². The average molecular weight is 260 g/mol. The molecule has 6 heteroatoms. The standard InChI is InChI=1S/C13H12N2O4/c1-15(9-2-4-10(16)5-3-9)13(19)8-6-11(17)14-12(18)7-8/h2-7,16H,1H3,(H2,14,17,18). The molecule has 98 valence electrons. The van der Waals surface area contributed by atoms with Gasteiger partial charge >= 0.3 is 0 Å². The third kappa shape index (κ3) is 2.74. The molecule has 3 N–H and O–H groups in total. The van der Waals surface area contributed by atoms with Gasteiger partial charge in [-0.3, -0.25) is 14.6 Å². The first-order chi connectivity index (χ1) is 8.97. The summed E-state index contributed by atoms with van der Waals surface area (Å²) in [6.07, 6.45) is 0. The van der Waals surface area contributed by atoms with Crippen molar-refractivity contribution in [3.05, 3.63) is 52.3 Å². The van der Waals surface area contributed by atoms with Crippen LogP contribution in [-0.4, -0.2) is 28.2 Å². The molecule has 1 aromatic heterocycles. The molecule has 0 bridgehead atoms. The quantitative estimate of drug-likeness (QED) is 0.752. The number of phenols is 1. The van der Waals surface area contributed by atoms with Crippen molar-refractivity contribution < 1.29 is 15.0 Å². The van der Waals surface area contributed by atoms with E-state index in [2.05, 4.69) is 4.98 Å². The van der Waals surface area contributed by atoms with Crippen LogP contribution in [0.2, 0.25) is 0 Å². The molecule has 0 fully saturated rings. The number of anilines is 1. The van der Waals surface area contributed by atoms with E-state index in [0.717, 1.165) is 6.07 Å². The SMILES string of the molecule is CN(C(=O)c1cc(O)[nH]c(=O)c1)c1ccc(O)cc1. The van der Waals surface area contributed by atoms with Gasteiger partial charge in [-0.2, -0.15) is 0 Å². The summed E-state index contributed by atoms with van der Waals surface area (Å²) >= 11 is 0. The fraction of sp³-hybridized carbons (Fsp3) is 0.0769. The highest BCUT2D eigenvalue weighted by atomic mass is 16.3. The predicted molar refractivity (Wildman–Crippen MR) is 69.6 cm³/mol. The number of aromatic hydroxyl groups is 2. The van der Waals surface area contributed by atoms with E-state index in [1.807, 2.05) is 0 Å². The molecule has 1 amide bonds. The molecule has 0 atom stereocenters. The molecule has 0 unspecified atom stereocenters. The van der Waals surface area contributed by atoms with Crippen molar-refractivity contribution in [3.8, 4) is 11.6 Å². The molecule has 1 aromatic carbocycles. The first kappa shape index (κ1) is 12.7. The first-order valence-electron chi connectivity index (χ1n) is 5.48. The number of amides is 1. The largest absolute Gasteiger partial charge is 0.508 e. The Labute approximate surface area is 108 Å². The fourth-order valence-electron chi connectivity index (χ4n) is 1.64. The zero-order chi connectivity index (χ0) is 14.0. The number of aromatic nitrogens is 1. The molecule has 2 aromatic rings. The summed E-state index contributed by atoms with van der Waals surface area (Å²) in [4.78, 5) is 26.8. The minimum absolute atomic E-state index is 0.0804. The third-order valence-electron chi connectivity index (χ3n) is 2.62. The Morgan fingerprint density at radius 1 is 1.16 bits per heavy atom. The molecule has 0 radical (unpaired) electrons. The molecule has 0 saturated carbocycles. The number of pyridine rings is 1. The summed E-state index contributed by atoms with van der Waals surface area (Å²) in [7, 11) is 1.53. The van der Waals surface area contributed by atoms with Crippen LogP contribution in [-0.2, 0) is 0 Å². The lowest BCUT2D eigenvalue weighted by atomic mass is 10.2. The topological polar surface area (TPSA) is 93.6 Å². The number of hydrogen-bond donors (Lipinski definition) is 3. The van der Waals surface area contributed by atoms with Gasteiger partial charge in [-0.05, 0) is 24.3 Å². The molecular weight excluding hydrogens is 248 g/mol. The number of nitrogens with one attached hydrogen (secondary N) is 1. The van der Waals surface area contributed by atoms with Crippen molar-refractivity contribution in [2.45, 2.75) is 0 Å². The summed E-state index contributed by atoms with van der Waals surface area (Å²) in [5.41, 5.74) is 0.0850. The van der Waals surface area contributed by atoms with Crippen LogP contribution < -0.4 is 10.5 Å². The van der Waals surface area contributed by atoms with Crippen molar-refractivity contribution >= 4 is 11.6 Å². The molecule has 0 aliphatic heterocycles. The van der Waals surface area contributed by atoms with Gasteiger partial charge in [0.05, 0.1) is 5.56 Å². The fourth-order valence-corrected chi connectivity index (χ4v) is 1.64. The second kappa shape index (κ2) is 4.85. The van der Waals surface area contributed by atoms with E-state index < -0.39 is 11.5 Å². The van der Waals surface area contributed by atoms with E-state index in [-0.39, 0.29) is 17.2 Å². The number of nitrogens with zero attached hydrogens (tertiary/aromatic N) is 1. The first-order valence-corrected chi connectivity index (χ1v) is 5.48. The van der Waals surface area contributed by atoms with E-state index in [1.165, 1.54) is 30.1 Å². The third-order valence-corrected chi connectivity index (χ3v) is 2.62. The summed E-state index contributed by atoms with van der Waals surface area (Å²) in [6.45, 7) is 0. The number of rotatable bonds is 2. The van der Waals surface area contributed by atoms with Crippen LogP contribution in [0.1, 0.15) is 10.4 Å². The van der Waals surface area contributed by atoms with Gasteiger partial charge in [0.25, 0.3) is 11.5 Å². The van der Waals surface area contributed by atoms with Gasteiger partial charge in [0.1, 0.15) is 5.75 Å². The number of hydrogen-bond acceptors (Lipinski definition) is 4. The Balaban J connectivity index is 2.33. The maximum absolute atomic E-state index is 12.1. The molecule has 0 aliphatic rings. The smallest absolute Gasteiger partial charge is 0.258 e. The number of phenolic OH excluding ortho intramolecular Hbond substituents is 1. The molecule has 2 rings (SSSR count). The molecule has 0 spiro atoms. The molecular formula is C13H12N2O4. The molecule has 19 heavy (non-hydrogen) atoms. The van der Waals surface area contributed by atoms with Gasteiger partial charge in [-0.1, -0.05) is 0 Å². The van der Waals surface area contributed by atoms with Gasteiger partial charge in [0, 0.05) is 24.9 Å². The highest BCUT2D eigenvalue weighted by Gasteiger charge is 2.15. The van der Waals surface area contributed by atoms with Crippen LogP contribution in [0.5, 0.6) is 11.6 Å². The summed E-state index contributed by atoms with van der Waals surface area (Å²) in [6, 6.07) is 8.34. The highest BCUT2D eigenvalue weighted by Crippen LogP contribution is 2.19. The lowest BCUT2D eigenvalue weighted by Gasteiger charge is -2.17. The zero-order valence-corrected chi connectivity index (χ0v) is 10.1. The monoisotopic (exact) mass is 260 g/mol. The van der Waals surface area contributed by atoms with Gasteiger partial charge in [0.2, 0.25) is 0 Å². The Bertz CT molecular complexity index is 661. The van der Waals surface area contributed by atoms with Crippen molar-refractivity contribution in [3.63, 3.8) is 0 Å². The Hall–Kier alpha value is -2.76. The zero-order valence-electron chi connectivity index (χ0n) is 10.1. The Kier molecular flexibility index (Phi) is 3.24. The van der Waals surface area contributed by atoms with E-state index in [0.29, 0.717) is 5.69 Å². The van der Waals surface area contributed by atoms with E-state index in [9.17, 15) is 19.8 Å². The second-order valence-electron chi connectivity index (χ2n) is 4.00. The average Bonchev–Trinajstić information content (AvgIpc) is 2.37. The Morgan fingerprint density at radius 2 is 1.79 bits per heavy atom. The van der Waals surface area contributed by atoms with Crippen LogP contribution in [0.3, 0.4) is 0 Å². The maximum atomic E-state index is 12.1. The van der Waals surface area contributed by atoms with Gasteiger partial charge < -0.3 is 15.1 Å². The summed E-state index contributed by atoms with van der Waals surface area (Å²) < 4.78 is 0. The van der Waals surface area contributed by atoms with E-state index >= 15 is 0 Å². The van der Waals surface area contributed by atoms with Gasteiger partial charge in [-0.25, -0.2) is 0 Å². The summed E-state index contributed by atoms with van der Waals surface area (Å²) in [5.74, 6) is -0.708. The number of carbonyl (C=O) groups is 1.